The molecule has 1 fully saturated rings. The largest absolute Gasteiger partial charge is 0.507 e. The van der Waals surface area contributed by atoms with E-state index in [9.17, 15) is 10.2 Å². The van der Waals surface area contributed by atoms with Gasteiger partial charge in [-0.25, -0.2) is 0 Å². The highest BCUT2D eigenvalue weighted by molar-refractivity contribution is 5.85. The van der Waals surface area contributed by atoms with Crippen LogP contribution >= 0.6 is 0 Å². The van der Waals surface area contributed by atoms with Crippen LogP contribution in [0.4, 0.5) is 0 Å². The first kappa shape index (κ1) is 19.7. The van der Waals surface area contributed by atoms with Gasteiger partial charge in [-0.2, -0.15) is 0 Å². The highest BCUT2D eigenvalue weighted by atomic mass is 16.5. The van der Waals surface area contributed by atoms with Crippen molar-refractivity contribution >= 4 is 12.4 Å². The van der Waals surface area contributed by atoms with Crippen LogP contribution in [0.5, 0.6) is 23.0 Å². The third kappa shape index (κ3) is 4.82. The van der Waals surface area contributed by atoms with E-state index in [4.69, 9.17) is 19.5 Å². The van der Waals surface area contributed by atoms with Crippen molar-refractivity contribution in [3.05, 3.63) is 47.5 Å². The summed E-state index contributed by atoms with van der Waals surface area (Å²) in [5.41, 5.74) is 1.25. The summed E-state index contributed by atoms with van der Waals surface area (Å²) in [6.07, 6.45) is 7.46. The number of phenols is 2. The van der Waals surface area contributed by atoms with Gasteiger partial charge in [0.05, 0.1) is 26.3 Å². The maximum atomic E-state index is 10.0. The Balaban J connectivity index is 1.77. The summed E-state index contributed by atoms with van der Waals surface area (Å²) in [6.45, 7) is 0. The molecule has 0 bridgehead atoms. The van der Waals surface area contributed by atoms with Crippen LogP contribution in [0.2, 0.25) is 0 Å². The van der Waals surface area contributed by atoms with Crippen molar-refractivity contribution in [2.24, 2.45) is 9.98 Å². The first-order chi connectivity index (χ1) is 13.6. The molecule has 0 aliphatic heterocycles. The molecule has 2 aromatic rings. The summed E-state index contributed by atoms with van der Waals surface area (Å²) in [5.74, 6) is 1.68. The molecule has 0 heterocycles. The van der Waals surface area contributed by atoms with E-state index >= 15 is 0 Å². The molecule has 2 aromatic carbocycles. The van der Waals surface area contributed by atoms with Gasteiger partial charge >= 0.3 is 0 Å². The Bertz CT molecular complexity index is 792. The van der Waals surface area contributed by atoms with Crippen molar-refractivity contribution in [1.82, 2.24) is 0 Å². The molecule has 0 amide bonds. The van der Waals surface area contributed by atoms with Crippen LogP contribution in [0.25, 0.3) is 0 Å². The number of aliphatic imine (C=N–C) groups is 2. The van der Waals surface area contributed by atoms with Crippen molar-refractivity contribution in [1.29, 1.82) is 0 Å². The fourth-order valence-corrected chi connectivity index (χ4v) is 3.32. The number of ether oxygens (including phenoxy) is 2. The van der Waals surface area contributed by atoms with Gasteiger partial charge in [-0.05, 0) is 49.2 Å². The first-order valence-corrected chi connectivity index (χ1v) is 9.41. The van der Waals surface area contributed by atoms with Gasteiger partial charge in [-0.1, -0.05) is 12.8 Å². The van der Waals surface area contributed by atoms with Crippen LogP contribution in [-0.4, -0.2) is 48.9 Å². The minimum Gasteiger partial charge on any atom is -0.507 e. The van der Waals surface area contributed by atoms with Crippen molar-refractivity contribution in [2.45, 2.75) is 37.8 Å². The van der Waals surface area contributed by atoms with E-state index in [-0.39, 0.29) is 23.6 Å². The summed E-state index contributed by atoms with van der Waals surface area (Å²) in [6, 6.07) is 10.2. The fraction of sp³-hybridized carbons (Fsp3) is 0.364. The molecule has 1 unspecified atom stereocenters. The zero-order chi connectivity index (χ0) is 19.9. The Kier molecular flexibility index (Phi) is 6.53. The van der Waals surface area contributed by atoms with Crippen LogP contribution in [0.3, 0.4) is 0 Å². The second-order valence-electron chi connectivity index (χ2n) is 6.82. The number of methoxy groups -OCH3 is 2. The zero-order valence-corrected chi connectivity index (χ0v) is 16.2. The molecule has 0 saturated heterocycles. The third-order valence-electron chi connectivity index (χ3n) is 4.97. The third-order valence-corrected chi connectivity index (χ3v) is 4.97. The number of phenolic OH excluding ortho intramolecular Hbond substituents is 2. The normalized spacial score (nSPS) is 19.9. The second-order valence-corrected chi connectivity index (χ2v) is 6.82. The van der Waals surface area contributed by atoms with E-state index in [1.54, 1.807) is 63.0 Å². The van der Waals surface area contributed by atoms with Crippen LogP contribution in [0.15, 0.2) is 46.4 Å². The number of aromatic hydroxyl groups is 2. The predicted octanol–water partition coefficient (Wildman–Crippen LogP) is 3.96. The van der Waals surface area contributed by atoms with Gasteiger partial charge in [-0.15, -0.1) is 0 Å². The number of hydrogen-bond donors (Lipinski definition) is 2. The van der Waals surface area contributed by atoms with Crippen LogP contribution in [0, 0.1) is 0 Å². The Morgan fingerprint density at radius 2 is 1.21 bits per heavy atom. The smallest absolute Gasteiger partial charge is 0.124 e. The van der Waals surface area contributed by atoms with E-state index in [2.05, 4.69) is 0 Å². The lowest BCUT2D eigenvalue weighted by molar-refractivity contribution is 0.389. The van der Waals surface area contributed by atoms with Crippen molar-refractivity contribution in [3.8, 4) is 23.0 Å². The van der Waals surface area contributed by atoms with E-state index in [0.717, 1.165) is 25.7 Å². The van der Waals surface area contributed by atoms with Crippen molar-refractivity contribution in [3.63, 3.8) is 0 Å². The number of hydrogen-bond acceptors (Lipinski definition) is 6. The molecule has 6 nitrogen and oxygen atoms in total. The van der Waals surface area contributed by atoms with E-state index in [1.165, 1.54) is 0 Å². The predicted molar refractivity (Wildman–Crippen MR) is 111 cm³/mol. The Hall–Kier alpha value is -3.02. The highest BCUT2D eigenvalue weighted by Crippen LogP contribution is 2.27. The van der Waals surface area contributed by atoms with Gasteiger partial charge in [0, 0.05) is 23.6 Å². The summed E-state index contributed by atoms with van der Waals surface area (Å²) in [7, 11) is 3.18. The molecule has 1 aliphatic carbocycles. The van der Waals surface area contributed by atoms with Gasteiger partial charge in [0.25, 0.3) is 0 Å². The molecule has 2 atom stereocenters. The maximum absolute atomic E-state index is 10.0. The second kappa shape index (κ2) is 9.26. The lowest BCUT2D eigenvalue weighted by atomic mass is 9.91. The summed E-state index contributed by atoms with van der Waals surface area (Å²) in [5, 5.41) is 20.1. The highest BCUT2D eigenvalue weighted by Gasteiger charge is 2.23. The maximum Gasteiger partial charge on any atom is 0.124 e. The van der Waals surface area contributed by atoms with Crippen molar-refractivity contribution < 1.29 is 19.7 Å². The molecule has 2 N–H and O–H groups in total. The van der Waals surface area contributed by atoms with Gasteiger partial charge in [0.2, 0.25) is 0 Å². The SMILES string of the molecule is COc1ccc(O)c(C=NC2CCCC[C@@H]2N=Cc2cc(OC)ccc2O)c1. The average Bonchev–Trinajstić information content (AvgIpc) is 2.73. The van der Waals surface area contributed by atoms with Crippen LogP contribution < -0.4 is 9.47 Å². The quantitative estimate of drug-likeness (QED) is 0.741. The minimum atomic E-state index is 0.0309. The van der Waals surface area contributed by atoms with Gasteiger partial charge < -0.3 is 19.7 Å². The molecule has 6 heteroatoms. The molecule has 1 saturated carbocycles. The van der Waals surface area contributed by atoms with Crippen LogP contribution in [-0.2, 0) is 0 Å². The molecule has 1 aliphatic rings. The van der Waals surface area contributed by atoms with E-state index < -0.39 is 0 Å². The molecular weight excluding hydrogens is 356 g/mol. The molecule has 0 spiro atoms. The monoisotopic (exact) mass is 382 g/mol. The van der Waals surface area contributed by atoms with Gasteiger partial charge in [0.15, 0.2) is 0 Å². The first-order valence-electron chi connectivity index (χ1n) is 9.41. The van der Waals surface area contributed by atoms with Gasteiger partial charge in [0.1, 0.15) is 23.0 Å². The number of benzene rings is 2. The fourth-order valence-electron chi connectivity index (χ4n) is 3.32. The lowest BCUT2D eigenvalue weighted by Crippen LogP contribution is -2.27. The Morgan fingerprint density at radius 3 is 1.61 bits per heavy atom. The summed E-state index contributed by atoms with van der Waals surface area (Å²) >= 11 is 0. The van der Waals surface area contributed by atoms with E-state index in [0.29, 0.717) is 22.6 Å². The Morgan fingerprint density at radius 1 is 0.786 bits per heavy atom. The topological polar surface area (TPSA) is 83.6 Å². The van der Waals surface area contributed by atoms with Gasteiger partial charge in [-0.3, -0.25) is 9.98 Å². The summed E-state index contributed by atoms with van der Waals surface area (Å²) in [4.78, 5) is 9.40. The number of nitrogens with zero attached hydrogens (tertiary/aromatic N) is 2. The molecular formula is C22H26N2O4. The zero-order valence-electron chi connectivity index (χ0n) is 16.2. The molecule has 28 heavy (non-hydrogen) atoms. The van der Waals surface area contributed by atoms with E-state index in [1.807, 2.05) is 0 Å². The van der Waals surface area contributed by atoms with Crippen LogP contribution in [0.1, 0.15) is 36.8 Å². The Labute approximate surface area is 165 Å². The van der Waals surface area contributed by atoms with Crippen molar-refractivity contribution in [2.75, 3.05) is 14.2 Å². The minimum absolute atomic E-state index is 0.0309. The standard InChI is InChI=1S/C22H26N2O4/c1-27-17-7-9-21(25)15(11-17)13-23-19-5-3-4-6-20(19)24-14-16-12-18(28-2)8-10-22(16)26/h7-14,19-20,25-26H,3-6H2,1-2H3/t19-,20?/m0/s1. The number of rotatable bonds is 6. The summed E-state index contributed by atoms with van der Waals surface area (Å²) < 4.78 is 10.4. The molecule has 3 rings (SSSR count). The average molecular weight is 382 g/mol. The lowest BCUT2D eigenvalue weighted by Gasteiger charge is -2.25. The molecule has 0 radical (unpaired) electrons. The molecule has 0 aromatic heterocycles. The molecule has 148 valence electrons.